The first-order valence-corrected chi connectivity index (χ1v) is 6.58. The van der Waals surface area contributed by atoms with Gasteiger partial charge in [-0.1, -0.05) is 17.3 Å². The van der Waals surface area contributed by atoms with E-state index in [1.165, 1.54) is 23.0 Å². The molecule has 0 atom stereocenters. The van der Waals surface area contributed by atoms with Crippen molar-refractivity contribution < 1.29 is 19.1 Å². The van der Waals surface area contributed by atoms with Crippen LogP contribution in [0.2, 0.25) is 0 Å². The van der Waals surface area contributed by atoms with Crippen molar-refractivity contribution in [2.75, 3.05) is 0 Å². The van der Waals surface area contributed by atoms with E-state index in [-0.39, 0.29) is 34.5 Å². The molecule has 0 aliphatic rings. The SMILES string of the molecule is Cn1cnc(-c2nnc(Cc3ccc(F)cc3)o2)c(O)/c1=N\O. The predicted molar refractivity (Wildman–Crippen MR) is 74.7 cm³/mol. The van der Waals surface area contributed by atoms with Gasteiger partial charge in [-0.25, -0.2) is 9.37 Å². The summed E-state index contributed by atoms with van der Waals surface area (Å²) in [7, 11) is 1.55. The smallest absolute Gasteiger partial charge is 0.270 e. The van der Waals surface area contributed by atoms with Crippen molar-refractivity contribution in [1.29, 1.82) is 0 Å². The highest BCUT2D eigenvalue weighted by Crippen LogP contribution is 2.22. The average molecular weight is 317 g/mol. The molecule has 2 heterocycles. The Hall–Kier alpha value is -3.23. The first kappa shape index (κ1) is 14.7. The number of aryl methyl sites for hydroxylation is 1. The normalized spacial score (nSPS) is 11.8. The zero-order valence-corrected chi connectivity index (χ0v) is 12.0. The molecule has 2 aromatic heterocycles. The lowest BCUT2D eigenvalue weighted by molar-refractivity contribution is 0.288. The van der Waals surface area contributed by atoms with E-state index in [0.29, 0.717) is 6.42 Å². The van der Waals surface area contributed by atoms with E-state index in [1.54, 1.807) is 19.2 Å². The summed E-state index contributed by atoms with van der Waals surface area (Å²) in [5.41, 5.74) is 0.714. The summed E-state index contributed by atoms with van der Waals surface area (Å²) in [4.78, 5) is 3.98. The van der Waals surface area contributed by atoms with Crippen molar-refractivity contribution in [2.45, 2.75) is 6.42 Å². The van der Waals surface area contributed by atoms with Crippen LogP contribution in [0.4, 0.5) is 4.39 Å². The molecule has 0 unspecified atom stereocenters. The first-order chi connectivity index (χ1) is 11.1. The fourth-order valence-corrected chi connectivity index (χ4v) is 2.01. The van der Waals surface area contributed by atoms with Gasteiger partial charge < -0.3 is 19.3 Å². The van der Waals surface area contributed by atoms with Gasteiger partial charge in [-0.3, -0.25) is 0 Å². The topological polar surface area (TPSA) is 110 Å². The molecule has 118 valence electrons. The van der Waals surface area contributed by atoms with Gasteiger partial charge in [0.15, 0.2) is 11.4 Å². The average Bonchev–Trinajstić information content (AvgIpc) is 2.98. The number of halogens is 1. The number of hydrogen-bond donors (Lipinski definition) is 2. The molecule has 23 heavy (non-hydrogen) atoms. The van der Waals surface area contributed by atoms with Gasteiger partial charge in [0.25, 0.3) is 5.89 Å². The minimum Gasteiger partial charge on any atom is -0.503 e. The van der Waals surface area contributed by atoms with Gasteiger partial charge in [0.05, 0.1) is 12.7 Å². The third kappa shape index (κ3) is 2.89. The number of benzene rings is 1. The summed E-state index contributed by atoms with van der Waals surface area (Å²) >= 11 is 0. The number of hydrogen-bond acceptors (Lipinski definition) is 7. The van der Waals surface area contributed by atoms with Crippen LogP contribution in [-0.2, 0) is 13.5 Å². The van der Waals surface area contributed by atoms with E-state index in [4.69, 9.17) is 9.62 Å². The molecule has 0 bridgehead atoms. The van der Waals surface area contributed by atoms with Crippen molar-refractivity contribution in [3.8, 4) is 17.3 Å². The Bertz CT molecular complexity index is 902. The van der Waals surface area contributed by atoms with Gasteiger partial charge >= 0.3 is 0 Å². The molecule has 0 saturated heterocycles. The molecule has 0 fully saturated rings. The molecule has 0 spiro atoms. The maximum atomic E-state index is 12.9. The first-order valence-electron chi connectivity index (χ1n) is 6.58. The molecule has 2 N–H and O–H groups in total. The fourth-order valence-electron chi connectivity index (χ4n) is 2.01. The molecule has 3 aromatic rings. The molecular formula is C14H12FN5O3. The highest BCUT2D eigenvalue weighted by Gasteiger charge is 2.17. The zero-order valence-electron chi connectivity index (χ0n) is 12.0. The molecule has 0 saturated carbocycles. The molecule has 0 radical (unpaired) electrons. The van der Waals surface area contributed by atoms with E-state index in [9.17, 15) is 9.50 Å². The molecule has 3 rings (SSSR count). The second kappa shape index (κ2) is 5.87. The van der Waals surface area contributed by atoms with Crippen LogP contribution in [0.1, 0.15) is 11.5 Å². The summed E-state index contributed by atoms with van der Waals surface area (Å²) < 4.78 is 19.7. The molecule has 0 amide bonds. The third-order valence-electron chi connectivity index (χ3n) is 3.16. The molecular weight excluding hydrogens is 305 g/mol. The molecule has 1 aromatic carbocycles. The van der Waals surface area contributed by atoms with Crippen molar-refractivity contribution in [2.24, 2.45) is 12.2 Å². The number of aromatic hydroxyl groups is 1. The fraction of sp³-hybridized carbons (Fsp3) is 0.143. The van der Waals surface area contributed by atoms with Crippen molar-refractivity contribution in [1.82, 2.24) is 19.7 Å². The lowest BCUT2D eigenvalue weighted by Gasteiger charge is -2.02. The van der Waals surface area contributed by atoms with E-state index >= 15 is 0 Å². The standard InChI is InChI=1S/C14H12FN5O3/c1-20-7-16-11(12(21)13(20)19-22)14-18-17-10(23-14)6-8-2-4-9(15)5-3-8/h2-5,7,21-22H,6H2,1H3/b19-13+. The van der Waals surface area contributed by atoms with Gasteiger partial charge in [-0.15, -0.1) is 10.2 Å². The Kier molecular flexibility index (Phi) is 3.75. The van der Waals surface area contributed by atoms with E-state index in [1.807, 2.05) is 0 Å². The maximum absolute atomic E-state index is 12.9. The number of nitrogens with zero attached hydrogens (tertiary/aromatic N) is 5. The van der Waals surface area contributed by atoms with Crippen molar-refractivity contribution in [3.05, 3.63) is 53.4 Å². The zero-order chi connectivity index (χ0) is 16.4. The molecule has 0 aliphatic carbocycles. The van der Waals surface area contributed by atoms with Gasteiger partial charge in [-0.05, 0) is 17.7 Å². The van der Waals surface area contributed by atoms with Crippen LogP contribution in [0.3, 0.4) is 0 Å². The Labute approximate surface area is 129 Å². The largest absolute Gasteiger partial charge is 0.503 e. The highest BCUT2D eigenvalue weighted by molar-refractivity contribution is 5.54. The highest BCUT2D eigenvalue weighted by atomic mass is 19.1. The Morgan fingerprint density at radius 2 is 2.00 bits per heavy atom. The van der Waals surface area contributed by atoms with Gasteiger partial charge in [-0.2, -0.15) is 0 Å². The summed E-state index contributed by atoms with van der Waals surface area (Å²) in [6.07, 6.45) is 1.65. The van der Waals surface area contributed by atoms with Crippen LogP contribution in [-0.4, -0.2) is 30.1 Å². The Morgan fingerprint density at radius 1 is 1.26 bits per heavy atom. The Morgan fingerprint density at radius 3 is 2.70 bits per heavy atom. The quantitative estimate of drug-likeness (QED) is 0.555. The summed E-state index contributed by atoms with van der Waals surface area (Å²) in [6.45, 7) is 0. The van der Waals surface area contributed by atoms with Gasteiger partial charge in [0, 0.05) is 7.05 Å². The van der Waals surface area contributed by atoms with E-state index in [0.717, 1.165) is 5.56 Å². The third-order valence-corrected chi connectivity index (χ3v) is 3.16. The molecule has 9 heteroatoms. The van der Waals surface area contributed by atoms with Crippen LogP contribution < -0.4 is 5.49 Å². The minimum atomic E-state index is -0.380. The molecule has 0 aliphatic heterocycles. The minimum absolute atomic E-state index is 0.00811. The summed E-state index contributed by atoms with van der Waals surface area (Å²) in [6, 6.07) is 5.90. The van der Waals surface area contributed by atoms with Crippen LogP contribution in [0.5, 0.6) is 5.75 Å². The van der Waals surface area contributed by atoms with E-state index < -0.39 is 0 Å². The summed E-state index contributed by atoms with van der Waals surface area (Å²) in [5.74, 6) is -0.436. The van der Waals surface area contributed by atoms with Crippen molar-refractivity contribution >= 4 is 0 Å². The lowest BCUT2D eigenvalue weighted by atomic mass is 10.1. The number of aromatic nitrogens is 4. The summed E-state index contributed by atoms with van der Waals surface area (Å²) in [5, 5.41) is 29.6. The van der Waals surface area contributed by atoms with Crippen LogP contribution >= 0.6 is 0 Å². The number of rotatable bonds is 3. The predicted octanol–water partition coefficient (Wildman–Crippen LogP) is 1.20. The van der Waals surface area contributed by atoms with Crippen LogP contribution in [0.15, 0.2) is 40.2 Å². The monoisotopic (exact) mass is 317 g/mol. The van der Waals surface area contributed by atoms with Gasteiger partial charge in [0.1, 0.15) is 5.82 Å². The van der Waals surface area contributed by atoms with Crippen LogP contribution in [0, 0.1) is 5.82 Å². The van der Waals surface area contributed by atoms with Gasteiger partial charge in [0.2, 0.25) is 11.4 Å². The maximum Gasteiger partial charge on any atom is 0.270 e. The van der Waals surface area contributed by atoms with Crippen LogP contribution in [0.25, 0.3) is 11.6 Å². The van der Waals surface area contributed by atoms with Crippen molar-refractivity contribution in [3.63, 3.8) is 0 Å². The van der Waals surface area contributed by atoms with E-state index in [2.05, 4.69) is 20.3 Å². The molecule has 8 nitrogen and oxygen atoms in total. The Balaban J connectivity index is 1.92. The second-order valence-electron chi connectivity index (χ2n) is 4.78. The second-order valence-corrected chi connectivity index (χ2v) is 4.78. The lowest BCUT2D eigenvalue weighted by Crippen LogP contribution is -2.19.